The highest BCUT2D eigenvalue weighted by molar-refractivity contribution is 5.84. The monoisotopic (exact) mass is 491 g/mol. The number of hydrogen-bond donors (Lipinski definition) is 4. The highest BCUT2D eigenvalue weighted by Crippen LogP contribution is 2.14. The molecule has 1 aliphatic rings. The number of piperazine rings is 1. The number of aromatic nitrogens is 2. The van der Waals surface area contributed by atoms with E-state index >= 15 is 0 Å². The summed E-state index contributed by atoms with van der Waals surface area (Å²) < 4.78 is 31.7. The third-order valence-corrected chi connectivity index (χ3v) is 5.14. The number of benzene rings is 1. The number of nitrogens with one attached hydrogen (secondary N) is 3. The molecule has 1 saturated heterocycles. The number of pyridine rings is 2. The molecule has 0 aliphatic carbocycles. The molecule has 1 aromatic carbocycles. The Labute approximate surface area is 198 Å². The minimum absolute atomic E-state index is 0.133. The first kappa shape index (κ1) is 25.7. The fraction of sp³-hybridized carbons (Fsp3) is 0.304. The van der Waals surface area contributed by atoms with Crippen molar-refractivity contribution in [2.75, 3.05) is 31.1 Å². The molecule has 186 valence electrons. The van der Waals surface area contributed by atoms with Crippen LogP contribution in [0.4, 0.5) is 19.0 Å². The summed E-state index contributed by atoms with van der Waals surface area (Å²) >= 11 is 0. The Morgan fingerprint density at radius 1 is 1.11 bits per heavy atom. The van der Waals surface area contributed by atoms with Gasteiger partial charge in [-0.15, -0.1) is 0 Å². The SMILES string of the molecule is O=C(Cc1cc2ccccc2c(=O)[nH]1)NCc1ccnc(N2CCNCC2)c1.O=C(O)C(F)(F)F. The number of rotatable bonds is 5. The Morgan fingerprint density at radius 3 is 2.49 bits per heavy atom. The molecule has 0 saturated carbocycles. The van der Waals surface area contributed by atoms with Crippen molar-refractivity contribution in [3.8, 4) is 0 Å². The van der Waals surface area contributed by atoms with Crippen LogP contribution < -0.4 is 21.1 Å². The second-order valence-electron chi connectivity index (χ2n) is 7.73. The molecule has 0 radical (unpaired) electrons. The summed E-state index contributed by atoms with van der Waals surface area (Å²) in [6, 6.07) is 13.1. The zero-order valence-electron chi connectivity index (χ0n) is 18.6. The number of carbonyl (C=O) groups is 2. The van der Waals surface area contributed by atoms with Gasteiger partial charge in [-0.05, 0) is 35.2 Å². The number of H-pyrrole nitrogens is 1. The highest BCUT2D eigenvalue weighted by atomic mass is 19.4. The van der Waals surface area contributed by atoms with Gasteiger partial charge in [-0.1, -0.05) is 18.2 Å². The predicted molar refractivity (Wildman–Crippen MR) is 123 cm³/mol. The number of hydrogen-bond acceptors (Lipinski definition) is 6. The number of aromatic amines is 1. The Morgan fingerprint density at radius 2 is 1.80 bits per heavy atom. The van der Waals surface area contributed by atoms with Gasteiger partial charge in [0.1, 0.15) is 5.82 Å². The van der Waals surface area contributed by atoms with Crippen LogP contribution in [-0.2, 0) is 22.6 Å². The second kappa shape index (κ2) is 11.5. The van der Waals surface area contributed by atoms with Crippen LogP contribution in [0.1, 0.15) is 11.3 Å². The van der Waals surface area contributed by atoms with Gasteiger partial charge >= 0.3 is 12.1 Å². The van der Waals surface area contributed by atoms with Crippen molar-refractivity contribution in [2.24, 2.45) is 0 Å². The standard InChI is InChI=1S/C21H23N5O2.C2HF3O2/c27-20(13-17-12-16-3-1-2-4-18(16)21(28)25-17)24-14-15-5-6-23-19(11-15)26-9-7-22-8-10-26;3-2(4,5)1(6)7/h1-6,11-12,22H,7-10,13-14H2,(H,24,27)(H,25,28);(H,6,7). The molecule has 0 bridgehead atoms. The van der Waals surface area contributed by atoms with Gasteiger partial charge in [-0.2, -0.15) is 13.2 Å². The molecule has 35 heavy (non-hydrogen) atoms. The van der Waals surface area contributed by atoms with Crippen molar-refractivity contribution in [3.05, 3.63) is 70.3 Å². The lowest BCUT2D eigenvalue weighted by molar-refractivity contribution is -0.192. The Hall–Kier alpha value is -3.93. The number of fused-ring (bicyclic) bond motifs is 1. The molecule has 1 fully saturated rings. The van der Waals surface area contributed by atoms with Gasteiger partial charge in [0.15, 0.2) is 0 Å². The van der Waals surface area contributed by atoms with Crippen molar-refractivity contribution in [1.29, 1.82) is 0 Å². The summed E-state index contributed by atoms with van der Waals surface area (Å²) in [4.78, 5) is 42.9. The third-order valence-electron chi connectivity index (χ3n) is 5.14. The van der Waals surface area contributed by atoms with Crippen LogP contribution in [0.2, 0.25) is 0 Å². The van der Waals surface area contributed by atoms with E-state index in [2.05, 4.69) is 25.5 Å². The average molecular weight is 491 g/mol. The van der Waals surface area contributed by atoms with Gasteiger partial charge in [0.25, 0.3) is 5.56 Å². The molecule has 4 N–H and O–H groups in total. The van der Waals surface area contributed by atoms with E-state index in [9.17, 15) is 22.8 Å². The number of anilines is 1. The number of carbonyl (C=O) groups excluding carboxylic acids is 1. The van der Waals surface area contributed by atoms with Gasteiger partial charge in [-0.3, -0.25) is 9.59 Å². The van der Waals surface area contributed by atoms with E-state index in [-0.39, 0.29) is 17.9 Å². The van der Waals surface area contributed by atoms with Crippen LogP contribution in [0, 0.1) is 0 Å². The number of halogens is 3. The summed E-state index contributed by atoms with van der Waals surface area (Å²) in [6.45, 7) is 4.19. The van der Waals surface area contributed by atoms with Gasteiger partial charge in [0.05, 0.1) is 6.42 Å². The first-order valence-corrected chi connectivity index (χ1v) is 10.7. The lowest BCUT2D eigenvalue weighted by Gasteiger charge is -2.28. The first-order chi connectivity index (χ1) is 16.6. The number of nitrogens with zero attached hydrogens (tertiary/aromatic N) is 2. The molecule has 3 heterocycles. The van der Waals surface area contributed by atoms with Crippen LogP contribution in [0.5, 0.6) is 0 Å². The molecule has 1 aliphatic heterocycles. The summed E-state index contributed by atoms with van der Waals surface area (Å²) in [5, 5.41) is 14.8. The van der Waals surface area contributed by atoms with Crippen LogP contribution in [0.15, 0.2) is 53.5 Å². The van der Waals surface area contributed by atoms with Gasteiger partial charge in [0, 0.05) is 50.0 Å². The van der Waals surface area contributed by atoms with Crippen LogP contribution in [-0.4, -0.2) is 59.3 Å². The largest absolute Gasteiger partial charge is 0.490 e. The van der Waals surface area contributed by atoms with Crippen LogP contribution in [0.25, 0.3) is 10.8 Å². The predicted octanol–water partition coefficient (Wildman–Crippen LogP) is 1.82. The van der Waals surface area contributed by atoms with E-state index in [1.165, 1.54) is 0 Å². The summed E-state index contributed by atoms with van der Waals surface area (Å²) in [6.07, 6.45) is -3.17. The zero-order chi connectivity index (χ0) is 25.4. The number of carboxylic acids is 1. The number of aliphatic carboxylic acids is 1. The van der Waals surface area contributed by atoms with Gasteiger partial charge in [-0.25, -0.2) is 9.78 Å². The number of alkyl halides is 3. The van der Waals surface area contributed by atoms with Crippen molar-refractivity contribution in [1.82, 2.24) is 20.6 Å². The molecule has 1 amide bonds. The molecule has 2 aromatic heterocycles. The Kier molecular flexibility index (Phi) is 8.42. The normalized spacial score (nSPS) is 13.6. The summed E-state index contributed by atoms with van der Waals surface area (Å²) in [7, 11) is 0. The molecule has 4 rings (SSSR count). The molecular weight excluding hydrogens is 467 g/mol. The summed E-state index contributed by atoms with van der Waals surface area (Å²) in [5.74, 6) is -1.95. The van der Waals surface area contributed by atoms with E-state index in [0.717, 1.165) is 42.9 Å². The molecule has 9 nitrogen and oxygen atoms in total. The lowest BCUT2D eigenvalue weighted by Crippen LogP contribution is -2.43. The smallest absolute Gasteiger partial charge is 0.475 e. The van der Waals surface area contributed by atoms with Crippen LogP contribution in [0.3, 0.4) is 0 Å². The summed E-state index contributed by atoms with van der Waals surface area (Å²) in [5.41, 5.74) is 1.44. The molecular formula is C23H24F3N5O4. The molecule has 3 aromatic rings. The van der Waals surface area contributed by atoms with E-state index in [1.54, 1.807) is 12.3 Å². The first-order valence-electron chi connectivity index (χ1n) is 10.7. The molecule has 0 atom stereocenters. The fourth-order valence-corrected chi connectivity index (χ4v) is 3.44. The Bertz CT molecular complexity index is 1240. The Balaban J connectivity index is 0.000000429. The lowest BCUT2D eigenvalue weighted by atomic mass is 10.1. The minimum atomic E-state index is -5.08. The second-order valence-corrected chi connectivity index (χ2v) is 7.73. The maximum Gasteiger partial charge on any atom is 0.490 e. The van der Waals surface area contributed by atoms with Gasteiger partial charge in [0.2, 0.25) is 5.91 Å². The van der Waals surface area contributed by atoms with E-state index in [4.69, 9.17) is 9.90 Å². The quantitative estimate of drug-likeness (QED) is 0.429. The fourth-order valence-electron chi connectivity index (χ4n) is 3.44. The van der Waals surface area contributed by atoms with E-state index in [1.807, 2.05) is 36.4 Å². The van der Waals surface area contributed by atoms with Crippen LogP contribution >= 0.6 is 0 Å². The third kappa shape index (κ3) is 7.54. The average Bonchev–Trinajstić information content (AvgIpc) is 2.83. The highest BCUT2D eigenvalue weighted by Gasteiger charge is 2.38. The number of amides is 1. The molecule has 0 spiro atoms. The molecule has 12 heteroatoms. The van der Waals surface area contributed by atoms with Crippen molar-refractivity contribution in [3.63, 3.8) is 0 Å². The van der Waals surface area contributed by atoms with Crippen molar-refractivity contribution in [2.45, 2.75) is 19.1 Å². The minimum Gasteiger partial charge on any atom is -0.475 e. The molecule has 0 unspecified atom stereocenters. The van der Waals surface area contributed by atoms with E-state index < -0.39 is 12.1 Å². The zero-order valence-corrected chi connectivity index (χ0v) is 18.6. The van der Waals surface area contributed by atoms with E-state index in [0.29, 0.717) is 17.6 Å². The maximum atomic E-state index is 12.4. The van der Waals surface area contributed by atoms with Gasteiger partial charge < -0.3 is 25.6 Å². The van der Waals surface area contributed by atoms with Crippen molar-refractivity contribution < 1.29 is 27.9 Å². The maximum absolute atomic E-state index is 12.4. The topological polar surface area (TPSA) is 127 Å². The number of carboxylic acid groups (broad SMARTS) is 1. The van der Waals surface area contributed by atoms with Crippen molar-refractivity contribution >= 4 is 28.5 Å².